The SMILES string of the molecule is COc1cccc(NC2CCOC2Cl)c1. The van der Waals surface area contributed by atoms with Crippen LogP contribution in [0.1, 0.15) is 6.42 Å². The zero-order valence-corrected chi connectivity index (χ0v) is 9.33. The standard InChI is InChI=1S/C11H14ClNO2/c1-14-9-4-2-3-8(7-9)13-10-5-6-15-11(10)12/h2-4,7,10-11,13H,5-6H2,1H3. The van der Waals surface area contributed by atoms with Gasteiger partial charge in [0.05, 0.1) is 19.8 Å². The summed E-state index contributed by atoms with van der Waals surface area (Å²) in [6, 6.07) is 7.97. The number of benzene rings is 1. The van der Waals surface area contributed by atoms with Crippen LogP contribution >= 0.6 is 11.6 Å². The summed E-state index contributed by atoms with van der Waals surface area (Å²) >= 11 is 5.99. The molecule has 0 spiro atoms. The predicted molar refractivity (Wildman–Crippen MR) is 60.6 cm³/mol. The molecule has 0 radical (unpaired) electrons. The van der Waals surface area contributed by atoms with Gasteiger partial charge in [-0.2, -0.15) is 0 Å². The van der Waals surface area contributed by atoms with Gasteiger partial charge in [-0.3, -0.25) is 0 Å². The molecule has 0 saturated carbocycles. The lowest BCUT2D eigenvalue weighted by Gasteiger charge is -2.16. The van der Waals surface area contributed by atoms with E-state index in [1.54, 1.807) is 7.11 Å². The predicted octanol–water partition coefficient (Wildman–Crippen LogP) is 2.46. The summed E-state index contributed by atoms with van der Waals surface area (Å²) in [7, 11) is 1.65. The number of nitrogens with one attached hydrogen (secondary N) is 1. The first-order chi connectivity index (χ1) is 7.29. The largest absolute Gasteiger partial charge is 0.497 e. The van der Waals surface area contributed by atoms with E-state index in [2.05, 4.69) is 5.32 Å². The molecule has 82 valence electrons. The lowest BCUT2D eigenvalue weighted by atomic mass is 10.2. The van der Waals surface area contributed by atoms with Crippen molar-refractivity contribution in [1.82, 2.24) is 0 Å². The first-order valence-corrected chi connectivity index (χ1v) is 5.39. The molecule has 4 heteroatoms. The Morgan fingerprint density at radius 1 is 1.53 bits per heavy atom. The van der Waals surface area contributed by atoms with Crippen LogP contribution < -0.4 is 10.1 Å². The fraction of sp³-hybridized carbons (Fsp3) is 0.455. The molecule has 1 aromatic rings. The van der Waals surface area contributed by atoms with Gasteiger partial charge in [0.2, 0.25) is 0 Å². The van der Waals surface area contributed by atoms with Gasteiger partial charge in [0.15, 0.2) is 5.56 Å². The van der Waals surface area contributed by atoms with Crippen molar-refractivity contribution in [1.29, 1.82) is 0 Å². The van der Waals surface area contributed by atoms with E-state index in [1.807, 2.05) is 24.3 Å². The topological polar surface area (TPSA) is 30.5 Å². The van der Waals surface area contributed by atoms with Crippen LogP contribution in [-0.2, 0) is 4.74 Å². The third-order valence-electron chi connectivity index (χ3n) is 2.44. The number of hydrogen-bond donors (Lipinski definition) is 1. The second-order valence-electron chi connectivity index (χ2n) is 3.49. The maximum absolute atomic E-state index is 5.99. The van der Waals surface area contributed by atoms with Gasteiger partial charge in [0, 0.05) is 11.8 Å². The number of ether oxygens (including phenoxy) is 2. The van der Waals surface area contributed by atoms with Crippen LogP contribution in [0, 0.1) is 0 Å². The Morgan fingerprint density at radius 2 is 2.40 bits per heavy atom. The van der Waals surface area contributed by atoms with E-state index in [9.17, 15) is 0 Å². The van der Waals surface area contributed by atoms with Crippen molar-refractivity contribution in [3.63, 3.8) is 0 Å². The van der Waals surface area contributed by atoms with Crippen molar-refractivity contribution >= 4 is 17.3 Å². The minimum Gasteiger partial charge on any atom is -0.497 e. The van der Waals surface area contributed by atoms with Gasteiger partial charge in [-0.1, -0.05) is 17.7 Å². The minimum atomic E-state index is -0.240. The zero-order chi connectivity index (χ0) is 10.7. The van der Waals surface area contributed by atoms with Crippen LogP contribution in [0.15, 0.2) is 24.3 Å². The number of hydrogen-bond acceptors (Lipinski definition) is 3. The van der Waals surface area contributed by atoms with E-state index in [0.717, 1.165) is 24.5 Å². The Kier molecular flexibility index (Phi) is 3.34. The van der Waals surface area contributed by atoms with Crippen molar-refractivity contribution in [3.8, 4) is 5.75 Å². The molecule has 1 saturated heterocycles. The Morgan fingerprint density at radius 3 is 3.07 bits per heavy atom. The second-order valence-corrected chi connectivity index (χ2v) is 3.92. The molecule has 1 heterocycles. The molecule has 1 aliphatic rings. The Hall–Kier alpha value is -0.930. The number of methoxy groups -OCH3 is 1. The Bertz CT molecular complexity index is 332. The summed E-state index contributed by atoms with van der Waals surface area (Å²) < 4.78 is 10.4. The minimum absolute atomic E-state index is 0.179. The van der Waals surface area contributed by atoms with E-state index in [4.69, 9.17) is 21.1 Å². The van der Waals surface area contributed by atoms with Gasteiger partial charge in [-0.15, -0.1) is 0 Å². The first-order valence-electron chi connectivity index (χ1n) is 4.96. The normalized spacial score (nSPS) is 25.2. The summed E-state index contributed by atoms with van der Waals surface area (Å²) in [5.74, 6) is 0.838. The average molecular weight is 228 g/mol. The van der Waals surface area contributed by atoms with Crippen LogP contribution in [0.25, 0.3) is 0 Å². The van der Waals surface area contributed by atoms with Crippen molar-refractivity contribution in [2.45, 2.75) is 18.0 Å². The van der Waals surface area contributed by atoms with Crippen molar-refractivity contribution in [3.05, 3.63) is 24.3 Å². The molecule has 0 aromatic heterocycles. The highest BCUT2D eigenvalue weighted by atomic mass is 35.5. The molecule has 2 atom stereocenters. The third-order valence-corrected chi connectivity index (χ3v) is 2.87. The first kappa shape index (κ1) is 10.6. The summed E-state index contributed by atoms with van der Waals surface area (Å²) in [4.78, 5) is 0. The van der Waals surface area contributed by atoms with E-state index in [1.165, 1.54) is 0 Å². The molecular formula is C11H14ClNO2. The summed E-state index contributed by atoms with van der Waals surface area (Å²) in [6.45, 7) is 0.718. The molecule has 1 aromatic carbocycles. The molecule has 3 nitrogen and oxygen atoms in total. The number of alkyl halides is 1. The summed E-state index contributed by atoms with van der Waals surface area (Å²) in [5, 5.41) is 3.33. The zero-order valence-electron chi connectivity index (χ0n) is 8.57. The van der Waals surface area contributed by atoms with Crippen LogP contribution in [0.4, 0.5) is 5.69 Å². The van der Waals surface area contributed by atoms with Crippen LogP contribution in [-0.4, -0.2) is 25.3 Å². The van der Waals surface area contributed by atoms with Crippen LogP contribution in [0.5, 0.6) is 5.75 Å². The lowest BCUT2D eigenvalue weighted by molar-refractivity contribution is 0.165. The molecule has 15 heavy (non-hydrogen) atoms. The molecule has 0 bridgehead atoms. The number of halogens is 1. The van der Waals surface area contributed by atoms with E-state index in [-0.39, 0.29) is 11.6 Å². The maximum atomic E-state index is 5.99. The Balaban J connectivity index is 2.03. The molecular weight excluding hydrogens is 214 g/mol. The molecule has 0 amide bonds. The van der Waals surface area contributed by atoms with Gasteiger partial charge >= 0.3 is 0 Å². The number of anilines is 1. The van der Waals surface area contributed by atoms with Crippen LogP contribution in [0.3, 0.4) is 0 Å². The molecule has 1 aliphatic heterocycles. The van der Waals surface area contributed by atoms with E-state index in [0.29, 0.717) is 0 Å². The smallest absolute Gasteiger partial charge is 0.151 e. The molecule has 2 rings (SSSR count). The van der Waals surface area contributed by atoms with Gasteiger partial charge in [0.25, 0.3) is 0 Å². The Labute approximate surface area is 94.3 Å². The fourth-order valence-electron chi connectivity index (χ4n) is 1.62. The fourth-order valence-corrected chi connectivity index (χ4v) is 1.90. The van der Waals surface area contributed by atoms with Crippen molar-refractivity contribution in [2.75, 3.05) is 19.0 Å². The number of rotatable bonds is 3. The third kappa shape index (κ3) is 2.55. The highest BCUT2D eigenvalue weighted by Gasteiger charge is 2.25. The van der Waals surface area contributed by atoms with Crippen LogP contribution in [0.2, 0.25) is 0 Å². The highest BCUT2D eigenvalue weighted by Crippen LogP contribution is 2.23. The lowest BCUT2D eigenvalue weighted by Crippen LogP contribution is -2.24. The van der Waals surface area contributed by atoms with E-state index >= 15 is 0 Å². The van der Waals surface area contributed by atoms with Crippen molar-refractivity contribution in [2.24, 2.45) is 0 Å². The van der Waals surface area contributed by atoms with E-state index < -0.39 is 0 Å². The second kappa shape index (κ2) is 4.73. The molecule has 0 aliphatic carbocycles. The van der Waals surface area contributed by atoms with Gasteiger partial charge in [0.1, 0.15) is 5.75 Å². The molecule has 1 fully saturated rings. The summed E-state index contributed by atoms with van der Waals surface area (Å²) in [5.41, 5.74) is 0.770. The molecule has 2 unspecified atom stereocenters. The molecule has 1 N–H and O–H groups in total. The van der Waals surface area contributed by atoms with Gasteiger partial charge in [-0.05, 0) is 18.6 Å². The average Bonchev–Trinajstić information content (AvgIpc) is 2.65. The highest BCUT2D eigenvalue weighted by molar-refractivity contribution is 6.20. The maximum Gasteiger partial charge on any atom is 0.151 e. The van der Waals surface area contributed by atoms with Crippen molar-refractivity contribution < 1.29 is 9.47 Å². The van der Waals surface area contributed by atoms with Gasteiger partial charge < -0.3 is 14.8 Å². The quantitative estimate of drug-likeness (QED) is 0.805. The van der Waals surface area contributed by atoms with Gasteiger partial charge in [-0.25, -0.2) is 0 Å². The summed E-state index contributed by atoms with van der Waals surface area (Å²) in [6.07, 6.45) is 0.936. The monoisotopic (exact) mass is 227 g/mol.